The molecule has 272 valence electrons. The number of fused-ring (bicyclic) bond motifs is 3. The summed E-state index contributed by atoms with van der Waals surface area (Å²) >= 11 is 1.28. The maximum atomic E-state index is 14.4. The number of carbonyl (C=O) groups is 4. The second-order valence-electron chi connectivity index (χ2n) is 14.3. The Morgan fingerprint density at radius 3 is 2.65 bits per heavy atom. The van der Waals surface area contributed by atoms with Gasteiger partial charge in [0.2, 0.25) is 11.8 Å². The molecule has 1 saturated heterocycles. The number of allylic oxidation sites excluding steroid dienone is 1. The van der Waals surface area contributed by atoms with Gasteiger partial charge in [-0.1, -0.05) is 25.0 Å². The topological polar surface area (TPSA) is 195 Å². The van der Waals surface area contributed by atoms with Crippen LogP contribution in [0.15, 0.2) is 41.8 Å². The highest BCUT2D eigenvalue weighted by Crippen LogP contribution is 2.45. The third kappa shape index (κ3) is 8.03. The van der Waals surface area contributed by atoms with E-state index in [1.807, 2.05) is 18.2 Å². The van der Waals surface area contributed by atoms with Crippen molar-refractivity contribution in [2.24, 2.45) is 5.92 Å². The highest BCUT2D eigenvalue weighted by Gasteiger charge is 2.61. The van der Waals surface area contributed by atoms with Crippen LogP contribution in [0.5, 0.6) is 11.5 Å². The molecule has 51 heavy (non-hydrogen) atoms. The van der Waals surface area contributed by atoms with Gasteiger partial charge in [0, 0.05) is 35.2 Å². The Morgan fingerprint density at radius 1 is 1.14 bits per heavy atom. The van der Waals surface area contributed by atoms with Gasteiger partial charge in [-0.3, -0.25) is 9.59 Å². The van der Waals surface area contributed by atoms with E-state index in [0.29, 0.717) is 51.8 Å². The summed E-state index contributed by atoms with van der Waals surface area (Å²) in [7, 11) is 1.56. The van der Waals surface area contributed by atoms with E-state index in [2.05, 4.69) is 15.6 Å². The minimum atomic E-state index is -1.46. The quantitative estimate of drug-likeness (QED) is 0.259. The molecule has 1 aliphatic carbocycles. The number of nitrogen functional groups attached to an aromatic ring is 1. The number of benzene rings is 1. The summed E-state index contributed by atoms with van der Waals surface area (Å²) in [6.45, 7) is 5.21. The molecule has 0 spiro atoms. The van der Waals surface area contributed by atoms with Crippen LogP contribution in [0.25, 0.3) is 22.3 Å². The lowest BCUT2D eigenvalue weighted by Crippen LogP contribution is -2.56. The van der Waals surface area contributed by atoms with Crippen molar-refractivity contribution in [1.82, 2.24) is 25.5 Å². The Morgan fingerprint density at radius 2 is 1.94 bits per heavy atom. The number of thiazole rings is 1. The first-order chi connectivity index (χ1) is 24.3. The molecule has 6 rings (SSSR count). The Hall–Kier alpha value is -4.92. The van der Waals surface area contributed by atoms with E-state index in [0.717, 1.165) is 19.3 Å². The van der Waals surface area contributed by atoms with Gasteiger partial charge < -0.3 is 40.6 Å². The molecule has 3 aliphatic rings. The SMILES string of the molecule is COc1ccc2c(O[C@@H]3C[C@H]4C(=O)N[C@]5(C(=O)O)C[C@H]5/C=C\CCCCC[C@@H](NC(=O)OC(C)(C)C)C(=O)N4C3)cc(-c3csc(N)n3)nc2c1. The molecule has 3 amide bonds. The first-order valence-electron chi connectivity index (χ1n) is 17.1. The molecular formula is C36H44N6O8S. The lowest BCUT2D eigenvalue weighted by atomic mass is 10.0. The summed E-state index contributed by atoms with van der Waals surface area (Å²) in [4.78, 5) is 64.4. The number of carbonyl (C=O) groups excluding carboxylic acids is 3. The summed E-state index contributed by atoms with van der Waals surface area (Å²) < 4.78 is 17.5. The van der Waals surface area contributed by atoms with Gasteiger partial charge in [-0.05, 0) is 58.6 Å². The number of carboxylic acid groups (broad SMARTS) is 1. The normalized spacial score (nSPS) is 26.2. The standard InChI is InChI=1S/C36H44N6O8S/c1-35(2,3)50-34(47)40-24-11-9-7-5-6-8-10-20-17-36(20,32(45)46)41-30(43)28-15-22(18-42(28)31(24)44)49-29-16-26(27-19-51-33(37)39-27)38-25-14-21(48-4)12-13-23(25)29/h8,10,12-14,16,19-20,22,24,28H,5-7,9,11,15,17-18H2,1-4H3,(H2,37,39)(H,40,47)(H,41,43)(H,45,46)/b10-8-/t20-,22-,24-,28+,36-/m1/s1. The summed E-state index contributed by atoms with van der Waals surface area (Å²) in [6, 6.07) is 5.08. The fourth-order valence-corrected chi connectivity index (χ4v) is 7.27. The summed E-state index contributed by atoms with van der Waals surface area (Å²) in [5.74, 6) is -1.52. The molecule has 4 heterocycles. The highest BCUT2D eigenvalue weighted by molar-refractivity contribution is 7.13. The van der Waals surface area contributed by atoms with Crippen LogP contribution >= 0.6 is 11.3 Å². The van der Waals surface area contributed by atoms with Crippen LogP contribution < -0.4 is 25.8 Å². The number of nitrogens with zero attached hydrogens (tertiary/aromatic N) is 3. The smallest absolute Gasteiger partial charge is 0.408 e. The van der Waals surface area contributed by atoms with Crippen molar-refractivity contribution in [2.75, 3.05) is 19.4 Å². The Balaban J connectivity index is 1.34. The molecule has 2 aromatic heterocycles. The Labute approximate surface area is 299 Å². The first kappa shape index (κ1) is 35.9. The van der Waals surface area contributed by atoms with Crippen LogP contribution in [-0.2, 0) is 19.1 Å². The molecule has 5 N–H and O–H groups in total. The molecule has 0 unspecified atom stereocenters. The molecule has 5 atom stereocenters. The van der Waals surface area contributed by atoms with Crippen LogP contribution in [0.1, 0.15) is 65.7 Å². The molecule has 1 saturated carbocycles. The number of pyridine rings is 1. The van der Waals surface area contributed by atoms with E-state index in [1.165, 1.54) is 16.2 Å². The number of hydrogen-bond donors (Lipinski definition) is 4. The number of nitrogens with one attached hydrogen (secondary N) is 2. The lowest BCUT2D eigenvalue weighted by Gasteiger charge is -2.30. The number of nitrogens with two attached hydrogens (primary N) is 1. The maximum Gasteiger partial charge on any atom is 0.408 e. The summed E-state index contributed by atoms with van der Waals surface area (Å²) in [5.41, 5.74) is 5.32. The summed E-state index contributed by atoms with van der Waals surface area (Å²) in [6.07, 6.45) is 6.05. The van der Waals surface area contributed by atoms with E-state index < -0.39 is 53.2 Å². The second kappa shape index (κ2) is 14.4. The van der Waals surface area contributed by atoms with Gasteiger partial charge >= 0.3 is 12.1 Å². The number of ether oxygens (including phenoxy) is 3. The van der Waals surface area contributed by atoms with E-state index in [1.54, 1.807) is 51.5 Å². The number of hydrogen-bond acceptors (Lipinski definition) is 11. The number of alkyl carbamates (subject to hydrolysis) is 1. The molecule has 2 fully saturated rings. The average Bonchev–Trinajstić information content (AvgIpc) is 3.34. The molecule has 0 bridgehead atoms. The van der Waals surface area contributed by atoms with E-state index in [4.69, 9.17) is 24.9 Å². The molecule has 1 aromatic carbocycles. The minimum absolute atomic E-state index is 0.00573. The van der Waals surface area contributed by atoms with Crippen LogP contribution in [0, 0.1) is 5.92 Å². The zero-order chi connectivity index (χ0) is 36.5. The van der Waals surface area contributed by atoms with Crippen molar-refractivity contribution in [3.05, 3.63) is 41.8 Å². The van der Waals surface area contributed by atoms with Gasteiger partial charge in [-0.15, -0.1) is 11.3 Å². The number of carboxylic acids is 1. The average molecular weight is 721 g/mol. The van der Waals surface area contributed by atoms with Crippen LogP contribution in [0.2, 0.25) is 0 Å². The first-order valence-corrected chi connectivity index (χ1v) is 18.0. The van der Waals surface area contributed by atoms with Gasteiger partial charge in [-0.25, -0.2) is 19.6 Å². The number of aromatic nitrogens is 2. The minimum Gasteiger partial charge on any atom is -0.497 e. The highest BCUT2D eigenvalue weighted by atomic mass is 32.1. The monoisotopic (exact) mass is 720 g/mol. The van der Waals surface area contributed by atoms with Crippen molar-refractivity contribution in [3.63, 3.8) is 0 Å². The Kier molecular flexibility index (Phi) is 10.1. The zero-order valence-corrected chi connectivity index (χ0v) is 30.0. The lowest BCUT2D eigenvalue weighted by molar-refractivity contribution is -0.145. The largest absolute Gasteiger partial charge is 0.497 e. The second-order valence-corrected chi connectivity index (χ2v) is 15.2. The number of rotatable bonds is 6. The van der Waals surface area contributed by atoms with Gasteiger partial charge in [0.15, 0.2) is 5.13 Å². The summed E-state index contributed by atoms with van der Waals surface area (Å²) in [5, 5.41) is 18.6. The van der Waals surface area contributed by atoms with Crippen molar-refractivity contribution >= 4 is 51.2 Å². The van der Waals surface area contributed by atoms with Crippen LogP contribution in [-0.4, -0.2) is 86.8 Å². The zero-order valence-electron chi connectivity index (χ0n) is 29.1. The van der Waals surface area contributed by atoms with Crippen molar-refractivity contribution in [2.45, 2.75) is 95.0 Å². The molecule has 15 heteroatoms. The third-order valence-electron chi connectivity index (χ3n) is 9.37. The molecule has 14 nitrogen and oxygen atoms in total. The fourth-order valence-electron chi connectivity index (χ4n) is 6.71. The van der Waals surface area contributed by atoms with Crippen molar-refractivity contribution in [1.29, 1.82) is 0 Å². The molecule has 0 radical (unpaired) electrons. The van der Waals surface area contributed by atoms with Gasteiger partial charge in [0.05, 0.1) is 24.9 Å². The number of methoxy groups -OCH3 is 1. The predicted octanol–water partition coefficient (Wildman–Crippen LogP) is 4.67. The van der Waals surface area contributed by atoms with Crippen molar-refractivity contribution < 1.29 is 38.5 Å². The molecule has 2 aliphatic heterocycles. The van der Waals surface area contributed by atoms with E-state index >= 15 is 0 Å². The van der Waals surface area contributed by atoms with Crippen molar-refractivity contribution in [3.8, 4) is 22.9 Å². The number of amides is 3. The van der Waals surface area contributed by atoms with Gasteiger partial charge in [0.1, 0.15) is 46.5 Å². The third-order valence-corrected chi connectivity index (χ3v) is 10.0. The molecule has 3 aromatic rings. The number of anilines is 1. The predicted molar refractivity (Wildman–Crippen MR) is 190 cm³/mol. The van der Waals surface area contributed by atoms with Crippen LogP contribution in [0.3, 0.4) is 0 Å². The van der Waals surface area contributed by atoms with E-state index in [9.17, 15) is 24.3 Å². The van der Waals surface area contributed by atoms with Gasteiger partial charge in [-0.2, -0.15) is 0 Å². The van der Waals surface area contributed by atoms with Gasteiger partial charge in [0.25, 0.3) is 0 Å². The molecular weight excluding hydrogens is 676 g/mol. The Bertz CT molecular complexity index is 1860. The fraction of sp³-hybridized carbons (Fsp3) is 0.500. The van der Waals surface area contributed by atoms with E-state index in [-0.39, 0.29) is 25.3 Å². The maximum absolute atomic E-state index is 14.4. The number of aliphatic carboxylic acids is 1. The van der Waals surface area contributed by atoms with Crippen LogP contribution in [0.4, 0.5) is 9.93 Å².